The number of aliphatic carboxylic acids is 3. The molecule has 824 valence electrons. The number of likely N-dealkylation sites (N-methyl/N-ethyl adjacent to an activating group) is 2. The summed E-state index contributed by atoms with van der Waals surface area (Å²) in [4.78, 5) is 73.4. The quantitative estimate of drug-likeness (QED) is 0.00980. The number of Topliss-reactive ketones (excluding diaryl/α,β-unsaturated/α-hetero) is 2. The second-order valence-electron chi connectivity index (χ2n) is 44.5. The number of unbranched alkanes of at least 4 members (excludes halogenated alkanes) is 5. The zero-order chi connectivity index (χ0) is 108. The summed E-state index contributed by atoms with van der Waals surface area (Å²) in [5.74, 6) is -2.47. The van der Waals surface area contributed by atoms with Crippen molar-refractivity contribution in [3.63, 3.8) is 0 Å². The van der Waals surface area contributed by atoms with E-state index < -0.39 is 105 Å². The van der Waals surface area contributed by atoms with Gasteiger partial charge in [0.05, 0.1) is 22.2 Å². The number of hydrogen-bond acceptors (Lipinski definition) is 25. The van der Waals surface area contributed by atoms with Gasteiger partial charge < -0.3 is 93.4 Å². The lowest BCUT2D eigenvalue weighted by atomic mass is 9.72. The van der Waals surface area contributed by atoms with Crippen LogP contribution in [0.2, 0.25) is 31.6 Å². The summed E-state index contributed by atoms with van der Waals surface area (Å²) in [6, 6.07) is 33.8. The minimum Gasteiger partial charge on any atom is -0.480 e. The molecule has 5 aromatic carbocycles. The Hall–Kier alpha value is -7.05. The lowest BCUT2D eigenvalue weighted by Gasteiger charge is -2.45. The van der Waals surface area contributed by atoms with Crippen molar-refractivity contribution in [1.82, 2.24) is 35.1 Å². The van der Waals surface area contributed by atoms with Crippen LogP contribution < -0.4 is 27.8 Å². The van der Waals surface area contributed by atoms with Gasteiger partial charge >= 0.3 is 65.9 Å². The summed E-state index contributed by atoms with van der Waals surface area (Å²) in [5.41, 5.74) is 26.9. The topological polar surface area (TPSA) is 467 Å². The summed E-state index contributed by atoms with van der Waals surface area (Å²) >= 11 is 0. The van der Waals surface area contributed by atoms with Crippen LogP contribution in [0.5, 0.6) is 0 Å². The molecule has 39 heteroatoms. The number of piperidine rings is 5. The second-order valence-corrected chi connectivity index (χ2v) is 44.5. The van der Waals surface area contributed by atoms with Gasteiger partial charge in [0, 0.05) is 30.2 Å². The average molecular weight is 2090 g/mol. The van der Waals surface area contributed by atoms with Crippen molar-refractivity contribution in [1.29, 1.82) is 0 Å². The van der Waals surface area contributed by atoms with E-state index in [2.05, 4.69) is 109 Å². The van der Waals surface area contributed by atoms with Gasteiger partial charge in [0.25, 0.3) is 0 Å². The molecule has 10 aliphatic rings. The number of nitrogens with two attached hydrogens (primary N) is 3. The van der Waals surface area contributed by atoms with E-state index in [0.29, 0.717) is 153 Å². The predicted molar refractivity (Wildman–Crippen MR) is 570 cm³/mol. The van der Waals surface area contributed by atoms with Crippen LogP contribution in [0.25, 0.3) is 0 Å². The number of nitrogens with zero attached hydrogens (tertiary/aromatic N) is 5. The van der Waals surface area contributed by atoms with Crippen LogP contribution in [-0.4, -0.2) is 262 Å². The van der Waals surface area contributed by atoms with Crippen molar-refractivity contribution in [2.24, 2.45) is 46.8 Å². The molecule has 0 aromatic heterocycles. The average Bonchev–Trinajstić information content (AvgIpc) is 1.59. The van der Waals surface area contributed by atoms with Crippen molar-refractivity contribution >= 4 is 65.1 Å². The molecule has 149 heavy (non-hydrogen) atoms. The summed E-state index contributed by atoms with van der Waals surface area (Å²) in [7, 11) is -3.16. The Kier molecular flexibility index (Phi) is 46.4. The lowest BCUT2D eigenvalue weighted by Crippen LogP contribution is -2.58. The molecule has 21 N–H and O–H groups in total. The molecule has 28 nitrogen and oxygen atoms in total. The van der Waals surface area contributed by atoms with Gasteiger partial charge in [-0.25, -0.2) is 0 Å². The van der Waals surface area contributed by atoms with Crippen molar-refractivity contribution in [3.05, 3.63) is 175 Å². The first-order chi connectivity index (χ1) is 70.8. The molecule has 5 fully saturated rings. The number of ketones is 2. The fourth-order valence-corrected chi connectivity index (χ4v) is 26.7. The van der Waals surface area contributed by atoms with Crippen LogP contribution in [0.15, 0.2) is 103 Å². The van der Waals surface area contributed by atoms with E-state index in [1.807, 2.05) is 0 Å². The van der Waals surface area contributed by atoms with Gasteiger partial charge in [-0.1, -0.05) is 149 Å². The summed E-state index contributed by atoms with van der Waals surface area (Å²) in [6.07, 6.45) is 23.1. The molecule has 5 aromatic rings. The summed E-state index contributed by atoms with van der Waals surface area (Å²) < 4.78 is 79.0. The van der Waals surface area contributed by atoms with E-state index in [-0.39, 0.29) is 72.2 Å². The molecule has 5 unspecified atom stereocenters. The fraction of sp³-hybridized carbons (Fsp3) is 0.682. The number of hydrogen-bond donors (Lipinski definition) is 18. The van der Waals surface area contributed by atoms with Gasteiger partial charge in [0.2, 0.25) is 0 Å². The Labute approximate surface area is 879 Å². The molecule has 0 amide bonds. The molecular weight excluding hydrogens is 1920 g/mol. The van der Waals surface area contributed by atoms with Crippen LogP contribution in [0.3, 0.4) is 0 Å². The predicted octanol–water partition coefficient (Wildman–Crippen LogP) is 14.1. The molecule has 5 saturated heterocycles. The van der Waals surface area contributed by atoms with E-state index in [9.17, 15) is 65.6 Å². The number of nitrogens with one attached hydrogen (secondary N) is 2. The number of carbonyl (C=O) groups is 5. The van der Waals surface area contributed by atoms with Gasteiger partial charge in [0.15, 0.2) is 0 Å². The zero-order valence-corrected chi connectivity index (χ0v) is 88.5. The normalized spacial score (nSPS) is 22.5. The standard InChI is InChI=1S/2C22H32BF3N2O3.3C22H35BN2O4/c2*1-15(29)21(27,10-2-3-11-23(30)31)17-8-12-28(13-9-17)20-7-5-16-4-6-18(14-19(16)20)22(24,25)26;2*1-24-22(21(26)27,13-4-5-14-23(28)29)18-11-15-25(16-12-18)20-10-6-8-17-7-2-3-9-19(17)20;1-16-7-8-17-5-4-6-20(19(17)15-16)25-13-9-18(10-14-25)22(24,21(26)27)11-2-3-12-23(28)29/h2*4,6,14,17,20,30-31H,2-3,5,7-13,27H2,1H3;2*2-3,7,9,18,20,24,28-29H,4-6,8,10-16H2,1H3,(H,26,27);7-8,15,18,20,28-29H,2-6,9-14,24H2,1H3,(H,26,27)/t2*20?,21-;3*20?,22-/m10100/s1. The van der Waals surface area contributed by atoms with Crippen LogP contribution in [-0.2, 0) is 68.4 Å². The summed E-state index contributed by atoms with van der Waals surface area (Å²) in [5, 5.41) is 126. The molecule has 10 atom stereocenters. The monoisotopic (exact) mass is 2090 g/mol. The zero-order valence-electron chi connectivity index (χ0n) is 88.5. The minimum absolute atomic E-state index is 0.0164. The molecule has 5 aliphatic heterocycles. The van der Waals surface area contributed by atoms with Gasteiger partial charge in [-0.15, -0.1) is 0 Å². The molecule has 0 bridgehead atoms. The van der Waals surface area contributed by atoms with E-state index in [0.717, 1.165) is 177 Å². The van der Waals surface area contributed by atoms with Gasteiger partial charge in [-0.3, -0.25) is 48.5 Å². The number of halogens is 6. The number of likely N-dealkylation sites (tertiary alicyclic amines) is 5. The number of benzene rings is 5. The second kappa shape index (κ2) is 56.6. The third-order valence-electron chi connectivity index (χ3n) is 35.6. The van der Waals surface area contributed by atoms with Gasteiger partial charge in [-0.2, -0.15) is 26.3 Å². The van der Waals surface area contributed by atoms with Crippen molar-refractivity contribution in [3.8, 4) is 0 Å². The smallest absolute Gasteiger partial charge is 0.451 e. The van der Waals surface area contributed by atoms with Crippen molar-refractivity contribution in [2.45, 2.75) is 367 Å². The van der Waals surface area contributed by atoms with E-state index in [1.54, 1.807) is 26.2 Å². The van der Waals surface area contributed by atoms with Crippen molar-refractivity contribution < 1.29 is 116 Å². The fourth-order valence-electron chi connectivity index (χ4n) is 26.7. The van der Waals surface area contributed by atoms with Crippen molar-refractivity contribution in [2.75, 3.05) is 79.5 Å². The third-order valence-corrected chi connectivity index (χ3v) is 35.6. The molecule has 0 spiro atoms. The molecule has 0 radical (unpaired) electrons. The van der Waals surface area contributed by atoms with Crippen LogP contribution in [0, 0.1) is 36.5 Å². The Morgan fingerprint density at radius 2 is 0.570 bits per heavy atom. The number of carboxylic acids is 3. The van der Waals surface area contributed by atoms with Crippen LogP contribution in [0.1, 0.15) is 328 Å². The first-order valence-corrected chi connectivity index (χ1v) is 55.4. The number of carboxylic acid groups (broad SMARTS) is 3. The van der Waals surface area contributed by atoms with E-state index >= 15 is 0 Å². The Bertz CT molecular complexity index is 4800. The Morgan fingerprint density at radius 1 is 0.315 bits per heavy atom. The van der Waals surface area contributed by atoms with E-state index in [4.69, 9.17) is 67.4 Å². The largest absolute Gasteiger partial charge is 0.480 e. The highest BCUT2D eigenvalue weighted by atomic mass is 19.4. The molecule has 0 saturated carbocycles. The van der Waals surface area contributed by atoms with Gasteiger partial charge in [0.1, 0.15) is 28.2 Å². The maximum Gasteiger partial charge on any atom is 0.451 e. The third kappa shape index (κ3) is 32.4. The van der Waals surface area contributed by atoms with Gasteiger partial charge in [-0.05, 0) is 421 Å². The highest BCUT2D eigenvalue weighted by molar-refractivity contribution is 6.42. The first-order valence-electron chi connectivity index (χ1n) is 55.4. The highest BCUT2D eigenvalue weighted by Crippen LogP contribution is 2.49. The molecule has 5 aliphatic carbocycles. The maximum absolute atomic E-state index is 13.2. The van der Waals surface area contributed by atoms with Crippen LogP contribution >= 0.6 is 0 Å². The minimum atomic E-state index is -4.35. The number of aryl methyl sites for hydroxylation is 6. The van der Waals surface area contributed by atoms with Crippen LogP contribution in [0.4, 0.5) is 26.3 Å². The first kappa shape index (κ1) is 122. The number of alkyl halides is 6. The Balaban J connectivity index is 0.000000177. The number of rotatable bonds is 42. The highest BCUT2D eigenvalue weighted by Gasteiger charge is 2.52. The molecule has 15 rings (SSSR count). The number of carbonyl (C=O) groups excluding carboxylic acids is 2. The van der Waals surface area contributed by atoms with E-state index in [1.165, 1.54) is 109 Å². The number of fused-ring (bicyclic) bond motifs is 5. The lowest BCUT2D eigenvalue weighted by molar-refractivity contribution is -0.150. The molecular formula is C110H169B5F6N10O18. The Morgan fingerprint density at radius 3 is 0.859 bits per heavy atom. The summed E-state index contributed by atoms with van der Waals surface area (Å²) in [6.45, 7) is 13.4. The maximum atomic E-state index is 13.2. The molecule has 5 heterocycles. The SMILES string of the molecule is CC(=O)[C@@](N)(CCCCB(O)O)C1CCN(C2CCc3ccc(C(F)(F)F)cc32)CC1.CC(=O)[C@](N)(CCCCB(O)O)C1CCN(C2CCc3ccc(C(F)(F)F)cc32)CC1.CN[C@@](CCCCB(O)O)(C(=O)O)C1CCN(C2CCCc3ccccc32)CC1.CN[C@](CCCCB(O)O)(C(=O)O)C1CCN(C2CCCc3ccccc32)CC1.Cc1ccc2c(c1)C(N1CCC([C@@](N)(CCCCB(O)O)C(=O)O)CC1)CCC2.